The van der Waals surface area contributed by atoms with E-state index in [1.165, 1.54) is 0 Å². The molecule has 0 saturated carbocycles. The van der Waals surface area contributed by atoms with Gasteiger partial charge in [-0.15, -0.1) is 15.3 Å². The van der Waals surface area contributed by atoms with Crippen LogP contribution in [0.5, 0.6) is 0 Å². The number of hydrogen-bond acceptors (Lipinski definition) is 6. The van der Waals surface area contributed by atoms with Crippen molar-refractivity contribution >= 4 is 15.9 Å². The van der Waals surface area contributed by atoms with Crippen LogP contribution in [0.15, 0.2) is 39.4 Å². The number of hydrogen-bond donors (Lipinski definition) is 1. The van der Waals surface area contributed by atoms with E-state index in [0.29, 0.717) is 18.3 Å². The summed E-state index contributed by atoms with van der Waals surface area (Å²) in [6.07, 6.45) is 1.77. The molecule has 7 nitrogen and oxygen atoms in total. The predicted octanol–water partition coefficient (Wildman–Crippen LogP) is 2.16. The van der Waals surface area contributed by atoms with Crippen LogP contribution in [-0.2, 0) is 6.54 Å². The van der Waals surface area contributed by atoms with Crippen molar-refractivity contribution in [1.82, 2.24) is 25.2 Å². The van der Waals surface area contributed by atoms with Gasteiger partial charge in [0.1, 0.15) is 6.54 Å². The quantitative estimate of drug-likeness (QED) is 0.775. The smallest absolute Gasteiger partial charge is 0.248 e. The van der Waals surface area contributed by atoms with E-state index in [0.717, 1.165) is 15.7 Å². The number of halogens is 1. The molecular formula is C13H13BrN6O. The molecule has 0 spiro atoms. The summed E-state index contributed by atoms with van der Waals surface area (Å²) in [5.74, 6) is 0.923. The zero-order valence-electron chi connectivity index (χ0n) is 11.3. The third kappa shape index (κ3) is 3.01. The fourth-order valence-electron chi connectivity index (χ4n) is 1.80. The Kier molecular flexibility index (Phi) is 3.80. The second-order valence-electron chi connectivity index (χ2n) is 4.61. The number of benzene rings is 1. The van der Waals surface area contributed by atoms with E-state index in [1.54, 1.807) is 10.9 Å². The van der Waals surface area contributed by atoms with E-state index >= 15 is 0 Å². The van der Waals surface area contributed by atoms with E-state index in [1.807, 2.05) is 31.2 Å². The van der Waals surface area contributed by atoms with Crippen LogP contribution < -0.4 is 5.73 Å². The van der Waals surface area contributed by atoms with E-state index in [-0.39, 0.29) is 6.04 Å². The van der Waals surface area contributed by atoms with Gasteiger partial charge in [0.25, 0.3) is 0 Å². The Balaban J connectivity index is 1.80. The van der Waals surface area contributed by atoms with Gasteiger partial charge in [0.05, 0.1) is 17.5 Å². The van der Waals surface area contributed by atoms with Crippen molar-refractivity contribution in [1.29, 1.82) is 0 Å². The molecule has 0 aliphatic heterocycles. The largest absolute Gasteiger partial charge is 0.419 e. The van der Waals surface area contributed by atoms with Gasteiger partial charge >= 0.3 is 0 Å². The van der Waals surface area contributed by atoms with Gasteiger partial charge in [-0.2, -0.15) is 0 Å². The Morgan fingerprint density at radius 1 is 1.29 bits per heavy atom. The standard InChI is InChI=1S/C13H13BrN6O/c1-8(15)11-6-20(19-16-11)7-12-17-18-13(21-12)9-4-2-3-5-10(9)14/h2-6,8H,7,15H2,1H3. The molecule has 108 valence electrons. The summed E-state index contributed by atoms with van der Waals surface area (Å²) >= 11 is 3.46. The third-order valence-electron chi connectivity index (χ3n) is 2.89. The Labute approximate surface area is 129 Å². The summed E-state index contributed by atoms with van der Waals surface area (Å²) in [5, 5.41) is 16.0. The highest BCUT2D eigenvalue weighted by molar-refractivity contribution is 9.10. The van der Waals surface area contributed by atoms with Gasteiger partial charge in [0, 0.05) is 10.5 Å². The van der Waals surface area contributed by atoms with Crippen LogP contribution in [0.1, 0.15) is 24.6 Å². The maximum absolute atomic E-state index is 5.74. The third-order valence-corrected chi connectivity index (χ3v) is 3.58. The van der Waals surface area contributed by atoms with Crippen LogP contribution in [0.2, 0.25) is 0 Å². The average Bonchev–Trinajstić information content (AvgIpc) is 3.09. The molecule has 0 fully saturated rings. The van der Waals surface area contributed by atoms with E-state index in [9.17, 15) is 0 Å². The molecule has 0 saturated heterocycles. The molecule has 1 atom stereocenters. The maximum atomic E-state index is 5.74. The van der Waals surface area contributed by atoms with Gasteiger partial charge in [0.2, 0.25) is 11.8 Å². The molecular weight excluding hydrogens is 336 g/mol. The summed E-state index contributed by atoms with van der Waals surface area (Å²) < 4.78 is 8.18. The van der Waals surface area contributed by atoms with Gasteiger partial charge in [-0.05, 0) is 35.0 Å². The topological polar surface area (TPSA) is 95.7 Å². The predicted molar refractivity (Wildman–Crippen MR) is 79.2 cm³/mol. The summed E-state index contributed by atoms with van der Waals surface area (Å²) in [5.41, 5.74) is 7.32. The van der Waals surface area contributed by atoms with Crippen molar-refractivity contribution in [2.75, 3.05) is 0 Å². The average molecular weight is 349 g/mol. The molecule has 0 aliphatic rings. The fourth-order valence-corrected chi connectivity index (χ4v) is 2.25. The number of aromatic nitrogens is 5. The second-order valence-corrected chi connectivity index (χ2v) is 5.46. The fraction of sp³-hybridized carbons (Fsp3) is 0.231. The van der Waals surface area contributed by atoms with E-state index in [2.05, 4.69) is 36.4 Å². The van der Waals surface area contributed by atoms with Crippen molar-refractivity contribution in [3.05, 3.63) is 46.5 Å². The van der Waals surface area contributed by atoms with Crippen LogP contribution in [0.4, 0.5) is 0 Å². The normalized spacial score (nSPS) is 12.5. The molecule has 0 aliphatic carbocycles. The van der Waals surface area contributed by atoms with Crippen molar-refractivity contribution in [3.8, 4) is 11.5 Å². The van der Waals surface area contributed by atoms with Crippen LogP contribution >= 0.6 is 15.9 Å². The highest BCUT2D eigenvalue weighted by Gasteiger charge is 2.13. The minimum atomic E-state index is -0.155. The summed E-state index contributed by atoms with van der Waals surface area (Å²) in [6, 6.07) is 7.51. The first-order valence-corrected chi connectivity index (χ1v) is 7.15. The lowest BCUT2D eigenvalue weighted by atomic mass is 10.2. The van der Waals surface area contributed by atoms with Crippen molar-refractivity contribution in [2.24, 2.45) is 5.73 Å². The molecule has 0 amide bonds. The van der Waals surface area contributed by atoms with Crippen LogP contribution in [0.3, 0.4) is 0 Å². The number of rotatable bonds is 4. The van der Waals surface area contributed by atoms with Gasteiger partial charge in [0.15, 0.2) is 0 Å². The van der Waals surface area contributed by atoms with Crippen molar-refractivity contribution in [2.45, 2.75) is 19.5 Å². The van der Waals surface area contributed by atoms with Crippen molar-refractivity contribution < 1.29 is 4.42 Å². The molecule has 8 heteroatoms. The van der Waals surface area contributed by atoms with Crippen LogP contribution in [0, 0.1) is 0 Å². The molecule has 1 aromatic carbocycles. The number of nitrogens with two attached hydrogens (primary N) is 1. The lowest BCUT2D eigenvalue weighted by molar-refractivity contribution is 0.469. The molecule has 2 N–H and O–H groups in total. The summed E-state index contributed by atoms with van der Waals surface area (Å²) in [4.78, 5) is 0. The SMILES string of the molecule is CC(N)c1cn(Cc2nnc(-c3ccccc3Br)o2)nn1. The van der Waals surface area contributed by atoms with Crippen LogP contribution in [0.25, 0.3) is 11.5 Å². The molecule has 2 heterocycles. The zero-order valence-corrected chi connectivity index (χ0v) is 12.9. The Morgan fingerprint density at radius 3 is 2.81 bits per heavy atom. The first kappa shape index (κ1) is 13.9. The highest BCUT2D eigenvalue weighted by Crippen LogP contribution is 2.26. The van der Waals surface area contributed by atoms with Gasteiger partial charge < -0.3 is 10.2 Å². The monoisotopic (exact) mass is 348 g/mol. The van der Waals surface area contributed by atoms with Crippen molar-refractivity contribution in [3.63, 3.8) is 0 Å². The minimum Gasteiger partial charge on any atom is -0.419 e. The maximum Gasteiger partial charge on any atom is 0.248 e. The first-order chi connectivity index (χ1) is 10.1. The number of nitrogens with zero attached hydrogens (tertiary/aromatic N) is 5. The minimum absolute atomic E-state index is 0.155. The summed E-state index contributed by atoms with van der Waals surface area (Å²) in [6.45, 7) is 2.21. The van der Waals surface area contributed by atoms with Gasteiger partial charge in [-0.3, -0.25) is 0 Å². The summed E-state index contributed by atoms with van der Waals surface area (Å²) in [7, 11) is 0. The molecule has 1 unspecified atom stereocenters. The molecule has 0 radical (unpaired) electrons. The lowest BCUT2D eigenvalue weighted by Crippen LogP contribution is -2.05. The Bertz CT molecular complexity index is 750. The lowest BCUT2D eigenvalue weighted by Gasteiger charge is -1.98. The highest BCUT2D eigenvalue weighted by atomic mass is 79.9. The Hall–Kier alpha value is -2.06. The van der Waals surface area contributed by atoms with E-state index in [4.69, 9.17) is 10.2 Å². The molecule has 3 rings (SSSR count). The zero-order chi connectivity index (χ0) is 14.8. The molecule has 0 bridgehead atoms. The molecule has 2 aromatic heterocycles. The van der Waals surface area contributed by atoms with Crippen LogP contribution in [-0.4, -0.2) is 25.2 Å². The van der Waals surface area contributed by atoms with Gasteiger partial charge in [-0.25, -0.2) is 4.68 Å². The second kappa shape index (κ2) is 5.74. The first-order valence-electron chi connectivity index (χ1n) is 6.36. The molecule has 3 aromatic rings. The van der Waals surface area contributed by atoms with Gasteiger partial charge in [-0.1, -0.05) is 17.3 Å². The Morgan fingerprint density at radius 2 is 2.10 bits per heavy atom. The molecule has 21 heavy (non-hydrogen) atoms. The van der Waals surface area contributed by atoms with E-state index < -0.39 is 0 Å².